The molecule has 0 aliphatic carbocycles. The molecule has 3 N–H and O–H groups in total. The van der Waals surface area contributed by atoms with Crippen molar-refractivity contribution in [3.05, 3.63) is 54.0 Å². The highest BCUT2D eigenvalue weighted by Gasteiger charge is 2.19. The van der Waals surface area contributed by atoms with Crippen molar-refractivity contribution in [1.29, 1.82) is 0 Å². The molecular formula is C13H13NO4. The van der Waals surface area contributed by atoms with Gasteiger partial charge in [-0.15, -0.1) is 0 Å². The summed E-state index contributed by atoms with van der Waals surface area (Å²) in [6.45, 7) is 0.324. The van der Waals surface area contributed by atoms with E-state index in [1.807, 2.05) is 0 Å². The predicted octanol–water partition coefficient (Wildman–Crippen LogP) is 1.90. The molecule has 0 spiro atoms. The molecule has 0 bridgehead atoms. The number of hydrogen-bond donors (Lipinski definition) is 3. The Bertz CT molecular complexity index is 504. The third-order valence-electron chi connectivity index (χ3n) is 2.53. The molecule has 0 radical (unpaired) electrons. The summed E-state index contributed by atoms with van der Waals surface area (Å²) >= 11 is 0. The van der Waals surface area contributed by atoms with Crippen molar-refractivity contribution in [2.24, 2.45) is 0 Å². The van der Waals surface area contributed by atoms with Crippen LogP contribution in [0.15, 0.2) is 47.1 Å². The summed E-state index contributed by atoms with van der Waals surface area (Å²) < 4.78 is 5.12. The molecule has 5 nitrogen and oxygen atoms in total. The van der Waals surface area contributed by atoms with Crippen LogP contribution < -0.4 is 5.32 Å². The number of furan rings is 1. The van der Waals surface area contributed by atoms with Crippen molar-refractivity contribution < 1.29 is 19.4 Å². The molecule has 0 amide bonds. The van der Waals surface area contributed by atoms with Gasteiger partial charge in [-0.2, -0.15) is 0 Å². The number of carboxylic acids is 1. The van der Waals surface area contributed by atoms with Gasteiger partial charge >= 0.3 is 5.97 Å². The molecule has 1 unspecified atom stereocenters. The van der Waals surface area contributed by atoms with Crippen LogP contribution in [0.2, 0.25) is 0 Å². The number of aliphatic carboxylic acids is 1. The number of benzene rings is 1. The molecule has 0 fully saturated rings. The lowest BCUT2D eigenvalue weighted by Gasteiger charge is -2.14. The van der Waals surface area contributed by atoms with E-state index in [1.165, 1.54) is 18.4 Å². The standard InChI is InChI=1S/C13H13NO4/c15-10-5-3-9(4-6-10)12(13(16)17)14-8-11-2-1-7-18-11/h1-7,12,14-15H,8H2,(H,16,17). The summed E-state index contributed by atoms with van der Waals surface area (Å²) in [5, 5.41) is 21.2. The van der Waals surface area contributed by atoms with Gasteiger partial charge in [0.25, 0.3) is 0 Å². The van der Waals surface area contributed by atoms with E-state index in [0.717, 1.165) is 0 Å². The first-order valence-corrected chi connectivity index (χ1v) is 5.44. The maximum absolute atomic E-state index is 11.2. The van der Waals surface area contributed by atoms with E-state index in [4.69, 9.17) is 9.52 Å². The average molecular weight is 247 g/mol. The second kappa shape index (κ2) is 5.37. The fourth-order valence-electron chi connectivity index (χ4n) is 1.63. The number of hydrogen-bond acceptors (Lipinski definition) is 4. The van der Waals surface area contributed by atoms with Crippen molar-refractivity contribution in [3.8, 4) is 5.75 Å². The normalized spacial score (nSPS) is 12.2. The van der Waals surface area contributed by atoms with Crippen LogP contribution in [0, 0.1) is 0 Å². The minimum atomic E-state index is -0.979. The predicted molar refractivity (Wildman–Crippen MR) is 64.0 cm³/mol. The first-order chi connectivity index (χ1) is 8.66. The van der Waals surface area contributed by atoms with Crippen LogP contribution in [-0.2, 0) is 11.3 Å². The van der Waals surface area contributed by atoms with E-state index in [-0.39, 0.29) is 5.75 Å². The van der Waals surface area contributed by atoms with Gasteiger partial charge in [-0.1, -0.05) is 12.1 Å². The largest absolute Gasteiger partial charge is 0.508 e. The quantitative estimate of drug-likeness (QED) is 0.751. The second-order valence-electron chi connectivity index (χ2n) is 3.82. The Morgan fingerprint density at radius 3 is 2.56 bits per heavy atom. The lowest BCUT2D eigenvalue weighted by molar-refractivity contribution is -0.139. The molecule has 0 aliphatic rings. The molecule has 2 rings (SSSR count). The number of carbonyl (C=O) groups is 1. The van der Waals surface area contributed by atoms with Gasteiger partial charge < -0.3 is 14.6 Å². The molecular weight excluding hydrogens is 234 g/mol. The number of rotatable bonds is 5. The highest BCUT2D eigenvalue weighted by atomic mass is 16.4. The van der Waals surface area contributed by atoms with E-state index < -0.39 is 12.0 Å². The molecule has 0 aliphatic heterocycles. The van der Waals surface area contributed by atoms with E-state index in [1.54, 1.807) is 24.3 Å². The maximum atomic E-state index is 11.2. The Hall–Kier alpha value is -2.27. The number of aromatic hydroxyl groups is 1. The Morgan fingerprint density at radius 2 is 2.00 bits per heavy atom. The molecule has 0 saturated carbocycles. The monoisotopic (exact) mass is 247 g/mol. The van der Waals surface area contributed by atoms with E-state index in [0.29, 0.717) is 17.9 Å². The van der Waals surface area contributed by atoms with E-state index in [2.05, 4.69) is 5.32 Å². The molecule has 1 aromatic carbocycles. The Balaban J connectivity index is 2.08. The first kappa shape index (κ1) is 12.2. The van der Waals surface area contributed by atoms with Crippen LogP contribution in [0.4, 0.5) is 0 Å². The highest BCUT2D eigenvalue weighted by Crippen LogP contribution is 2.17. The van der Waals surface area contributed by atoms with E-state index in [9.17, 15) is 9.90 Å². The number of carboxylic acid groups (broad SMARTS) is 1. The Labute approximate surface area is 104 Å². The minimum absolute atomic E-state index is 0.105. The van der Waals surface area contributed by atoms with Crippen LogP contribution >= 0.6 is 0 Å². The Kier molecular flexibility index (Phi) is 3.64. The summed E-state index contributed by atoms with van der Waals surface area (Å²) in [4.78, 5) is 11.2. The molecule has 5 heteroatoms. The van der Waals surface area contributed by atoms with Gasteiger partial charge in [0, 0.05) is 0 Å². The Morgan fingerprint density at radius 1 is 1.28 bits per heavy atom. The average Bonchev–Trinajstić information content (AvgIpc) is 2.84. The third-order valence-corrected chi connectivity index (χ3v) is 2.53. The summed E-state index contributed by atoms with van der Waals surface area (Å²) in [6, 6.07) is 8.73. The molecule has 94 valence electrons. The smallest absolute Gasteiger partial charge is 0.325 e. The lowest BCUT2D eigenvalue weighted by Crippen LogP contribution is -2.27. The van der Waals surface area contributed by atoms with Crippen LogP contribution in [-0.4, -0.2) is 16.2 Å². The zero-order valence-electron chi connectivity index (χ0n) is 9.54. The van der Waals surface area contributed by atoms with Crippen LogP contribution in [0.5, 0.6) is 5.75 Å². The summed E-state index contributed by atoms with van der Waals surface area (Å²) in [5.41, 5.74) is 0.576. The number of nitrogens with one attached hydrogen (secondary N) is 1. The topological polar surface area (TPSA) is 82.7 Å². The van der Waals surface area contributed by atoms with Crippen LogP contribution in [0.1, 0.15) is 17.4 Å². The fraction of sp³-hybridized carbons (Fsp3) is 0.154. The van der Waals surface area contributed by atoms with Gasteiger partial charge in [-0.3, -0.25) is 10.1 Å². The van der Waals surface area contributed by atoms with Gasteiger partial charge in [0.05, 0.1) is 12.8 Å². The molecule has 1 atom stereocenters. The molecule has 1 aromatic heterocycles. The first-order valence-electron chi connectivity index (χ1n) is 5.44. The number of phenols is 1. The molecule has 18 heavy (non-hydrogen) atoms. The minimum Gasteiger partial charge on any atom is -0.508 e. The van der Waals surface area contributed by atoms with Crippen LogP contribution in [0.3, 0.4) is 0 Å². The fourth-order valence-corrected chi connectivity index (χ4v) is 1.63. The second-order valence-corrected chi connectivity index (χ2v) is 3.82. The highest BCUT2D eigenvalue weighted by molar-refractivity contribution is 5.75. The van der Waals surface area contributed by atoms with Gasteiger partial charge in [0.1, 0.15) is 17.6 Å². The molecule has 2 aromatic rings. The van der Waals surface area contributed by atoms with Crippen molar-refractivity contribution in [2.45, 2.75) is 12.6 Å². The van der Waals surface area contributed by atoms with Crippen molar-refractivity contribution in [1.82, 2.24) is 5.32 Å². The van der Waals surface area contributed by atoms with Crippen molar-refractivity contribution >= 4 is 5.97 Å². The summed E-state index contributed by atoms with van der Waals surface area (Å²) in [7, 11) is 0. The molecule has 1 heterocycles. The van der Waals surface area contributed by atoms with Gasteiger partial charge in [-0.25, -0.2) is 0 Å². The van der Waals surface area contributed by atoms with Crippen LogP contribution in [0.25, 0.3) is 0 Å². The SMILES string of the molecule is O=C(O)C(NCc1ccco1)c1ccc(O)cc1. The third kappa shape index (κ3) is 2.89. The van der Waals surface area contributed by atoms with Gasteiger partial charge in [0.2, 0.25) is 0 Å². The lowest BCUT2D eigenvalue weighted by atomic mass is 10.1. The zero-order chi connectivity index (χ0) is 13.0. The van der Waals surface area contributed by atoms with Crippen molar-refractivity contribution in [2.75, 3.05) is 0 Å². The van der Waals surface area contributed by atoms with Crippen molar-refractivity contribution in [3.63, 3.8) is 0 Å². The maximum Gasteiger partial charge on any atom is 0.325 e. The number of phenolic OH excluding ortho intramolecular Hbond substituents is 1. The van der Waals surface area contributed by atoms with Gasteiger partial charge in [0.15, 0.2) is 0 Å². The molecule has 0 saturated heterocycles. The summed E-state index contributed by atoms with van der Waals surface area (Å²) in [5.74, 6) is -0.207. The van der Waals surface area contributed by atoms with E-state index >= 15 is 0 Å². The summed E-state index contributed by atoms with van der Waals surface area (Å²) in [6.07, 6.45) is 1.54. The van der Waals surface area contributed by atoms with Gasteiger partial charge in [-0.05, 0) is 29.8 Å². The zero-order valence-corrected chi connectivity index (χ0v) is 9.54.